The number of hydrogen-bond donors (Lipinski definition) is 1. The van der Waals surface area contributed by atoms with E-state index in [0.29, 0.717) is 5.92 Å². The van der Waals surface area contributed by atoms with Crippen LogP contribution in [0.2, 0.25) is 0 Å². The fraction of sp³-hybridized carbons (Fsp3) is 0.889. The van der Waals surface area contributed by atoms with E-state index in [1.165, 1.54) is 0 Å². The van der Waals surface area contributed by atoms with Crippen LogP contribution in [-0.4, -0.2) is 35.1 Å². The summed E-state index contributed by atoms with van der Waals surface area (Å²) in [6.07, 6.45) is 1.85. The molecule has 0 saturated carbocycles. The van der Waals surface area contributed by atoms with E-state index in [1.54, 1.807) is 0 Å². The van der Waals surface area contributed by atoms with E-state index in [9.17, 15) is 4.79 Å². The highest BCUT2D eigenvalue weighted by Crippen LogP contribution is 2.18. The van der Waals surface area contributed by atoms with Crippen molar-refractivity contribution in [2.45, 2.75) is 32.7 Å². The highest BCUT2D eigenvalue weighted by molar-refractivity contribution is 5.73. The second-order valence-electron chi connectivity index (χ2n) is 3.89. The second-order valence-corrected chi connectivity index (χ2v) is 3.89. The SMILES string of the molecule is CC(C)CN1CCC[C@H]1C(=O)O. The van der Waals surface area contributed by atoms with Gasteiger partial charge in [0.25, 0.3) is 0 Å². The van der Waals surface area contributed by atoms with E-state index < -0.39 is 5.97 Å². The van der Waals surface area contributed by atoms with Gasteiger partial charge in [0.15, 0.2) is 0 Å². The fourth-order valence-electron chi connectivity index (χ4n) is 1.79. The maximum Gasteiger partial charge on any atom is 0.320 e. The molecule has 1 fully saturated rings. The van der Waals surface area contributed by atoms with Crippen LogP contribution in [0.15, 0.2) is 0 Å². The van der Waals surface area contributed by atoms with E-state index in [1.807, 2.05) is 0 Å². The first-order chi connectivity index (χ1) is 5.61. The summed E-state index contributed by atoms with van der Waals surface area (Å²) in [4.78, 5) is 12.8. The van der Waals surface area contributed by atoms with Crippen molar-refractivity contribution in [3.63, 3.8) is 0 Å². The smallest absolute Gasteiger partial charge is 0.320 e. The lowest BCUT2D eigenvalue weighted by molar-refractivity contribution is -0.142. The van der Waals surface area contributed by atoms with Gasteiger partial charge in [-0.05, 0) is 25.3 Å². The minimum Gasteiger partial charge on any atom is -0.480 e. The van der Waals surface area contributed by atoms with E-state index in [2.05, 4.69) is 18.7 Å². The lowest BCUT2D eigenvalue weighted by Crippen LogP contribution is -2.38. The van der Waals surface area contributed by atoms with Crippen molar-refractivity contribution in [3.8, 4) is 0 Å². The van der Waals surface area contributed by atoms with Gasteiger partial charge in [0, 0.05) is 6.54 Å². The lowest BCUT2D eigenvalue weighted by atomic mass is 10.2. The van der Waals surface area contributed by atoms with E-state index in [0.717, 1.165) is 25.9 Å². The molecule has 1 atom stereocenters. The van der Waals surface area contributed by atoms with Crippen LogP contribution in [0.25, 0.3) is 0 Å². The van der Waals surface area contributed by atoms with E-state index >= 15 is 0 Å². The molecular formula is C9H17NO2. The van der Waals surface area contributed by atoms with Crippen molar-refractivity contribution in [2.75, 3.05) is 13.1 Å². The number of aliphatic carboxylic acids is 1. The fourth-order valence-corrected chi connectivity index (χ4v) is 1.79. The van der Waals surface area contributed by atoms with Gasteiger partial charge in [-0.2, -0.15) is 0 Å². The molecule has 1 aliphatic rings. The van der Waals surface area contributed by atoms with E-state index in [-0.39, 0.29) is 6.04 Å². The Kier molecular flexibility index (Phi) is 3.09. The molecule has 12 heavy (non-hydrogen) atoms. The number of nitrogens with zero attached hydrogens (tertiary/aromatic N) is 1. The molecule has 1 aliphatic heterocycles. The molecule has 3 heteroatoms. The molecule has 0 amide bonds. The molecule has 1 rings (SSSR count). The Morgan fingerprint density at radius 3 is 2.83 bits per heavy atom. The van der Waals surface area contributed by atoms with Gasteiger partial charge in [-0.1, -0.05) is 13.8 Å². The van der Waals surface area contributed by atoms with Crippen LogP contribution in [0.3, 0.4) is 0 Å². The Balaban J connectivity index is 2.46. The zero-order chi connectivity index (χ0) is 9.14. The third-order valence-electron chi connectivity index (χ3n) is 2.25. The van der Waals surface area contributed by atoms with Crippen molar-refractivity contribution >= 4 is 5.97 Å². The number of likely N-dealkylation sites (tertiary alicyclic amines) is 1. The average molecular weight is 171 g/mol. The molecule has 0 aromatic heterocycles. The summed E-state index contributed by atoms with van der Waals surface area (Å²) in [6, 6.07) is -0.215. The van der Waals surface area contributed by atoms with Gasteiger partial charge in [0.2, 0.25) is 0 Å². The molecule has 0 unspecified atom stereocenters. The Bertz CT molecular complexity index is 168. The number of carboxylic acids is 1. The molecule has 0 aliphatic carbocycles. The zero-order valence-electron chi connectivity index (χ0n) is 7.79. The first kappa shape index (κ1) is 9.52. The molecule has 1 saturated heterocycles. The summed E-state index contributed by atoms with van der Waals surface area (Å²) < 4.78 is 0. The van der Waals surface area contributed by atoms with Crippen LogP contribution in [0.4, 0.5) is 0 Å². The number of carbonyl (C=O) groups is 1. The molecule has 0 bridgehead atoms. The minimum atomic E-state index is -0.659. The van der Waals surface area contributed by atoms with Crippen LogP contribution in [0.1, 0.15) is 26.7 Å². The second kappa shape index (κ2) is 3.90. The predicted octanol–water partition coefficient (Wildman–Crippen LogP) is 1.19. The van der Waals surface area contributed by atoms with Gasteiger partial charge in [-0.25, -0.2) is 0 Å². The average Bonchev–Trinajstić information content (AvgIpc) is 2.33. The number of hydrogen-bond acceptors (Lipinski definition) is 2. The predicted molar refractivity (Wildman–Crippen MR) is 47.1 cm³/mol. The molecule has 0 aromatic rings. The van der Waals surface area contributed by atoms with Gasteiger partial charge >= 0.3 is 5.97 Å². The number of carboxylic acid groups (broad SMARTS) is 1. The Morgan fingerprint density at radius 2 is 2.33 bits per heavy atom. The molecule has 1 heterocycles. The minimum absolute atomic E-state index is 0.215. The monoisotopic (exact) mass is 171 g/mol. The van der Waals surface area contributed by atoms with Gasteiger partial charge in [0.1, 0.15) is 6.04 Å². The van der Waals surface area contributed by atoms with Crippen molar-refractivity contribution in [3.05, 3.63) is 0 Å². The molecule has 3 nitrogen and oxygen atoms in total. The highest BCUT2D eigenvalue weighted by Gasteiger charge is 2.30. The summed E-state index contributed by atoms with van der Waals surface area (Å²) in [5.74, 6) is -0.0990. The molecule has 0 radical (unpaired) electrons. The summed E-state index contributed by atoms with van der Waals surface area (Å²) in [6.45, 7) is 6.11. The first-order valence-corrected chi connectivity index (χ1v) is 4.58. The third kappa shape index (κ3) is 2.21. The maximum atomic E-state index is 10.8. The summed E-state index contributed by atoms with van der Waals surface area (Å²) in [7, 11) is 0. The van der Waals surface area contributed by atoms with Crippen molar-refractivity contribution in [1.82, 2.24) is 4.90 Å². The lowest BCUT2D eigenvalue weighted by Gasteiger charge is -2.22. The Hall–Kier alpha value is -0.570. The molecule has 0 spiro atoms. The quantitative estimate of drug-likeness (QED) is 0.693. The van der Waals surface area contributed by atoms with Crippen LogP contribution in [0.5, 0.6) is 0 Å². The molecule has 1 N–H and O–H groups in total. The normalized spacial score (nSPS) is 25.1. The third-order valence-corrected chi connectivity index (χ3v) is 2.25. The highest BCUT2D eigenvalue weighted by atomic mass is 16.4. The Morgan fingerprint density at radius 1 is 1.67 bits per heavy atom. The van der Waals surface area contributed by atoms with Crippen molar-refractivity contribution < 1.29 is 9.90 Å². The van der Waals surface area contributed by atoms with Crippen molar-refractivity contribution in [2.24, 2.45) is 5.92 Å². The summed E-state index contributed by atoms with van der Waals surface area (Å²) in [5.41, 5.74) is 0. The van der Waals surface area contributed by atoms with Gasteiger partial charge < -0.3 is 5.11 Å². The topological polar surface area (TPSA) is 40.5 Å². The van der Waals surface area contributed by atoms with Crippen molar-refractivity contribution in [1.29, 1.82) is 0 Å². The van der Waals surface area contributed by atoms with Crippen LogP contribution >= 0.6 is 0 Å². The van der Waals surface area contributed by atoms with Gasteiger partial charge in [0.05, 0.1) is 0 Å². The zero-order valence-corrected chi connectivity index (χ0v) is 7.79. The van der Waals surface area contributed by atoms with Gasteiger partial charge in [-0.3, -0.25) is 9.69 Å². The largest absolute Gasteiger partial charge is 0.480 e. The summed E-state index contributed by atoms with van der Waals surface area (Å²) >= 11 is 0. The van der Waals surface area contributed by atoms with Crippen LogP contribution in [0, 0.1) is 5.92 Å². The van der Waals surface area contributed by atoms with Gasteiger partial charge in [-0.15, -0.1) is 0 Å². The summed E-state index contributed by atoms with van der Waals surface area (Å²) in [5, 5.41) is 8.85. The Labute approximate surface area is 73.4 Å². The standard InChI is InChI=1S/C9H17NO2/c1-7(2)6-10-5-3-4-8(10)9(11)12/h7-8H,3-6H2,1-2H3,(H,11,12)/t8-/m0/s1. The van der Waals surface area contributed by atoms with E-state index in [4.69, 9.17) is 5.11 Å². The van der Waals surface area contributed by atoms with Crippen LogP contribution < -0.4 is 0 Å². The number of rotatable bonds is 3. The van der Waals surface area contributed by atoms with Crippen LogP contribution in [-0.2, 0) is 4.79 Å². The molecular weight excluding hydrogens is 154 g/mol. The molecule has 70 valence electrons. The first-order valence-electron chi connectivity index (χ1n) is 4.58. The molecule has 0 aromatic carbocycles. The maximum absolute atomic E-state index is 10.8.